The summed E-state index contributed by atoms with van der Waals surface area (Å²) in [4.78, 5) is 13.9. The molecule has 0 aliphatic heterocycles. The minimum Gasteiger partial charge on any atom is -0.507 e. The van der Waals surface area contributed by atoms with Gasteiger partial charge in [0, 0.05) is 17.8 Å². The van der Waals surface area contributed by atoms with Crippen LogP contribution in [0.3, 0.4) is 0 Å². The highest BCUT2D eigenvalue weighted by Crippen LogP contribution is 2.25. The lowest BCUT2D eigenvalue weighted by Crippen LogP contribution is -2.26. The predicted octanol–water partition coefficient (Wildman–Crippen LogP) is 3.88. The third-order valence-electron chi connectivity index (χ3n) is 3.23. The van der Waals surface area contributed by atoms with Crippen molar-refractivity contribution in [2.24, 2.45) is 0 Å². The van der Waals surface area contributed by atoms with Crippen molar-refractivity contribution in [1.82, 2.24) is 0 Å². The molecule has 2 rings (SSSR count). The number of anilines is 1. The number of amides is 1. The van der Waals surface area contributed by atoms with Gasteiger partial charge in [0.15, 0.2) is 0 Å². The van der Waals surface area contributed by atoms with Crippen LogP contribution in [0, 0.1) is 0 Å². The molecule has 104 valence electrons. The number of aromatic hydroxyl groups is 1. The van der Waals surface area contributed by atoms with Crippen LogP contribution in [-0.2, 0) is 6.42 Å². The molecular formula is C16H16ClNO2. The van der Waals surface area contributed by atoms with E-state index in [4.69, 9.17) is 11.6 Å². The molecule has 0 spiro atoms. The molecule has 0 atom stereocenters. The maximum Gasteiger partial charge on any atom is 0.261 e. The topological polar surface area (TPSA) is 40.5 Å². The molecule has 0 saturated heterocycles. The third kappa shape index (κ3) is 2.94. The second-order valence-electron chi connectivity index (χ2n) is 4.55. The number of carbonyl (C=O) groups is 1. The van der Waals surface area contributed by atoms with Crippen molar-refractivity contribution in [3.8, 4) is 5.75 Å². The number of nitrogens with zero attached hydrogens (tertiary/aromatic N) is 1. The summed E-state index contributed by atoms with van der Waals surface area (Å²) < 4.78 is 0. The number of rotatable bonds is 3. The number of hydrogen-bond acceptors (Lipinski definition) is 2. The Labute approximate surface area is 123 Å². The van der Waals surface area contributed by atoms with Crippen molar-refractivity contribution in [1.29, 1.82) is 0 Å². The van der Waals surface area contributed by atoms with Gasteiger partial charge in [-0.3, -0.25) is 4.79 Å². The van der Waals surface area contributed by atoms with Gasteiger partial charge < -0.3 is 10.0 Å². The van der Waals surface area contributed by atoms with E-state index in [-0.39, 0.29) is 17.2 Å². The van der Waals surface area contributed by atoms with Crippen LogP contribution < -0.4 is 4.90 Å². The van der Waals surface area contributed by atoms with Crippen LogP contribution in [0.15, 0.2) is 42.5 Å². The highest BCUT2D eigenvalue weighted by Gasteiger charge is 2.17. The van der Waals surface area contributed by atoms with Gasteiger partial charge in [-0.25, -0.2) is 0 Å². The standard InChI is InChI=1S/C16H16ClNO2/c1-3-11-4-7-13(8-5-11)18(2)16(20)14-10-12(17)6-9-15(14)19/h4-10,19H,3H2,1-2H3. The zero-order valence-electron chi connectivity index (χ0n) is 11.4. The molecule has 0 bridgehead atoms. The van der Waals surface area contributed by atoms with Gasteiger partial charge >= 0.3 is 0 Å². The van der Waals surface area contributed by atoms with Crippen molar-refractivity contribution in [2.75, 3.05) is 11.9 Å². The van der Waals surface area contributed by atoms with Crippen LogP contribution in [0.4, 0.5) is 5.69 Å². The first kappa shape index (κ1) is 14.4. The summed E-state index contributed by atoms with van der Waals surface area (Å²) in [6, 6.07) is 12.2. The van der Waals surface area contributed by atoms with Crippen LogP contribution in [0.25, 0.3) is 0 Å². The van der Waals surface area contributed by atoms with E-state index in [1.54, 1.807) is 13.1 Å². The molecule has 3 nitrogen and oxygen atoms in total. The van der Waals surface area contributed by atoms with Crippen LogP contribution in [0.2, 0.25) is 5.02 Å². The van der Waals surface area contributed by atoms with E-state index < -0.39 is 0 Å². The van der Waals surface area contributed by atoms with Crippen LogP contribution >= 0.6 is 11.6 Å². The van der Waals surface area contributed by atoms with Gasteiger partial charge in [0.2, 0.25) is 0 Å². The van der Waals surface area contributed by atoms with Gasteiger partial charge in [0.05, 0.1) is 5.56 Å². The van der Waals surface area contributed by atoms with E-state index in [0.717, 1.165) is 12.1 Å². The summed E-state index contributed by atoms with van der Waals surface area (Å²) in [5.41, 5.74) is 2.17. The molecule has 0 aliphatic carbocycles. The molecule has 0 saturated carbocycles. The van der Waals surface area contributed by atoms with Gasteiger partial charge in [-0.1, -0.05) is 30.7 Å². The summed E-state index contributed by atoms with van der Waals surface area (Å²) in [6.07, 6.45) is 0.951. The van der Waals surface area contributed by atoms with Gasteiger partial charge in [-0.2, -0.15) is 0 Å². The first-order chi connectivity index (χ1) is 9.52. The first-order valence-electron chi connectivity index (χ1n) is 6.38. The summed E-state index contributed by atoms with van der Waals surface area (Å²) in [7, 11) is 1.67. The Morgan fingerprint density at radius 3 is 2.45 bits per heavy atom. The number of aryl methyl sites for hydroxylation is 1. The van der Waals surface area contributed by atoms with E-state index in [1.165, 1.54) is 22.6 Å². The normalized spacial score (nSPS) is 10.3. The van der Waals surface area contributed by atoms with Gasteiger partial charge in [0.25, 0.3) is 5.91 Å². The highest BCUT2D eigenvalue weighted by molar-refractivity contribution is 6.31. The molecule has 0 unspecified atom stereocenters. The second-order valence-corrected chi connectivity index (χ2v) is 4.98. The average molecular weight is 290 g/mol. The van der Waals surface area contributed by atoms with Crippen LogP contribution in [-0.4, -0.2) is 18.1 Å². The number of benzene rings is 2. The lowest BCUT2D eigenvalue weighted by molar-refractivity contribution is 0.0990. The molecule has 2 aromatic carbocycles. The summed E-state index contributed by atoms with van der Waals surface area (Å²) in [5, 5.41) is 10.2. The Kier molecular flexibility index (Phi) is 4.30. The minimum atomic E-state index is -0.297. The number of carbonyl (C=O) groups excluding carboxylic acids is 1. The minimum absolute atomic E-state index is 0.0728. The number of hydrogen-bond donors (Lipinski definition) is 1. The molecule has 0 heterocycles. The molecule has 20 heavy (non-hydrogen) atoms. The zero-order valence-corrected chi connectivity index (χ0v) is 12.2. The number of phenols is 1. The Bertz CT molecular complexity index is 623. The third-order valence-corrected chi connectivity index (χ3v) is 3.46. The molecule has 1 N–H and O–H groups in total. The molecule has 1 amide bonds. The van der Waals surface area contributed by atoms with E-state index in [9.17, 15) is 9.90 Å². The van der Waals surface area contributed by atoms with Crippen molar-refractivity contribution < 1.29 is 9.90 Å². The van der Waals surface area contributed by atoms with Crippen molar-refractivity contribution in [2.45, 2.75) is 13.3 Å². The zero-order chi connectivity index (χ0) is 14.7. The van der Waals surface area contributed by atoms with E-state index in [0.29, 0.717) is 5.02 Å². The van der Waals surface area contributed by atoms with Crippen LogP contribution in [0.1, 0.15) is 22.8 Å². The van der Waals surface area contributed by atoms with Crippen molar-refractivity contribution >= 4 is 23.2 Å². The second kappa shape index (κ2) is 5.97. The summed E-state index contributed by atoms with van der Waals surface area (Å²) in [5.74, 6) is -0.370. The lowest BCUT2D eigenvalue weighted by atomic mass is 10.1. The molecule has 2 aromatic rings. The molecule has 0 fully saturated rings. The molecule has 4 heteroatoms. The monoisotopic (exact) mass is 289 g/mol. The average Bonchev–Trinajstić information content (AvgIpc) is 2.48. The SMILES string of the molecule is CCc1ccc(N(C)C(=O)c2cc(Cl)ccc2O)cc1. The number of halogens is 1. The van der Waals surface area contributed by atoms with Crippen molar-refractivity contribution in [3.63, 3.8) is 0 Å². The number of phenolic OH excluding ortho intramolecular Hbond substituents is 1. The van der Waals surface area contributed by atoms with Gasteiger partial charge in [-0.15, -0.1) is 0 Å². The predicted molar refractivity (Wildman–Crippen MR) is 81.7 cm³/mol. The quantitative estimate of drug-likeness (QED) is 0.931. The molecular weight excluding hydrogens is 274 g/mol. The van der Waals surface area contributed by atoms with Gasteiger partial charge in [-0.05, 0) is 42.3 Å². The highest BCUT2D eigenvalue weighted by atomic mass is 35.5. The largest absolute Gasteiger partial charge is 0.507 e. The molecule has 0 radical (unpaired) electrons. The fourth-order valence-electron chi connectivity index (χ4n) is 1.93. The lowest BCUT2D eigenvalue weighted by Gasteiger charge is -2.18. The maximum absolute atomic E-state index is 12.4. The Hall–Kier alpha value is -2.00. The van der Waals surface area contributed by atoms with E-state index in [1.807, 2.05) is 24.3 Å². The molecule has 0 aliphatic rings. The van der Waals surface area contributed by atoms with E-state index in [2.05, 4.69) is 6.92 Å². The Morgan fingerprint density at radius 1 is 1.20 bits per heavy atom. The summed E-state index contributed by atoms with van der Waals surface area (Å²) in [6.45, 7) is 2.08. The Morgan fingerprint density at radius 2 is 1.85 bits per heavy atom. The fraction of sp³-hybridized carbons (Fsp3) is 0.188. The van der Waals surface area contributed by atoms with Crippen LogP contribution in [0.5, 0.6) is 5.75 Å². The summed E-state index contributed by atoms with van der Waals surface area (Å²) >= 11 is 5.87. The Balaban J connectivity index is 2.29. The first-order valence-corrected chi connectivity index (χ1v) is 6.76. The molecule has 0 aromatic heterocycles. The van der Waals surface area contributed by atoms with Gasteiger partial charge in [0.1, 0.15) is 5.75 Å². The smallest absolute Gasteiger partial charge is 0.261 e. The maximum atomic E-state index is 12.4. The van der Waals surface area contributed by atoms with E-state index >= 15 is 0 Å². The van der Waals surface area contributed by atoms with Crippen molar-refractivity contribution in [3.05, 3.63) is 58.6 Å². The fourth-order valence-corrected chi connectivity index (χ4v) is 2.10.